The van der Waals surface area contributed by atoms with Crippen LogP contribution in [0, 0.1) is 6.92 Å². The minimum absolute atomic E-state index is 0.709. The molecule has 0 radical (unpaired) electrons. The fourth-order valence-electron chi connectivity index (χ4n) is 1.31. The van der Waals surface area contributed by atoms with Gasteiger partial charge in [-0.1, -0.05) is 27.5 Å². The molecular formula is C10H8BrClN2. The van der Waals surface area contributed by atoms with Crippen LogP contribution in [0.1, 0.15) is 5.82 Å². The van der Waals surface area contributed by atoms with Gasteiger partial charge in [-0.15, -0.1) is 0 Å². The van der Waals surface area contributed by atoms with E-state index in [-0.39, 0.29) is 0 Å². The fraction of sp³-hybridized carbons (Fsp3) is 0.100. The summed E-state index contributed by atoms with van der Waals surface area (Å²) >= 11 is 9.48. The third kappa shape index (κ3) is 1.70. The number of aryl methyl sites for hydroxylation is 1. The van der Waals surface area contributed by atoms with Crippen LogP contribution < -0.4 is 0 Å². The third-order valence-corrected chi connectivity index (χ3v) is 2.79. The van der Waals surface area contributed by atoms with E-state index < -0.39 is 0 Å². The van der Waals surface area contributed by atoms with E-state index in [1.165, 1.54) is 0 Å². The molecule has 2 rings (SSSR count). The maximum atomic E-state index is 6.11. The maximum Gasteiger partial charge on any atom is 0.110 e. The molecule has 2 aromatic rings. The second kappa shape index (κ2) is 3.75. The summed E-state index contributed by atoms with van der Waals surface area (Å²) in [5, 5.41) is 0.709. The van der Waals surface area contributed by atoms with Crippen molar-refractivity contribution in [1.29, 1.82) is 0 Å². The zero-order chi connectivity index (χ0) is 10.1. The lowest BCUT2D eigenvalue weighted by Crippen LogP contribution is -1.95. The Kier molecular flexibility index (Phi) is 2.61. The Morgan fingerprint density at radius 2 is 2.21 bits per heavy atom. The molecule has 2 nitrogen and oxygen atoms in total. The number of nitrogens with zero attached hydrogens (tertiary/aromatic N) is 2. The van der Waals surface area contributed by atoms with E-state index in [1.807, 2.05) is 35.9 Å². The highest BCUT2D eigenvalue weighted by atomic mass is 79.9. The highest BCUT2D eigenvalue weighted by molar-refractivity contribution is 9.10. The summed E-state index contributed by atoms with van der Waals surface area (Å²) in [5.74, 6) is 0.925. The Bertz CT molecular complexity index is 465. The first-order valence-corrected chi connectivity index (χ1v) is 5.31. The fourth-order valence-corrected chi connectivity index (χ4v) is 2.07. The zero-order valence-corrected chi connectivity index (χ0v) is 9.88. The Labute approximate surface area is 95.7 Å². The highest BCUT2D eigenvalue weighted by Crippen LogP contribution is 2.25. The van der Waals surface area contributed by atoms with Gasteiger partial charge in [0.15, 0.2) is 0 Å². The van der Waals surface area contributed by atoms with Crippen LogP contribution in [0.4, 0.5) is 0 Å². The lowest BCUT2D eigenvalue weighted by Gasteiger charge is -2.07. The number of benzene rings is 1. The second-order valence-electron chi connectivity index (χ2n) is 2.94. The average molecular weight is 272 g/mol. The number of hydrogen-bond donors (Lipinski definition) is 0. The van der Waals surface area contributed by atoms with E-state index in [4.69, 9.17) is 11.6 Å². The van der Waals surface area contributed by atoms with Crippen LogP contribution in [0.25, 0.3) is 5.69 Å². The topological polar surface area (TPSA) is 17.8 Å². The van der Waals surface area contributed by atoms with Crippen molar-refractivity contribution in [3.05, 3.63) is 45.9 Å². The van der Waals surface area contributed by atoms with Gasteiger partial charge in [0.1, 0.15) is 5.82 Å². The molecule has 0 saturated heterocycles. The van der Waals surface area contributed by atoms with Gasteiger partial charge in [-0.2, -0.15) is 0 Å². The first-order chi connectivity index (χ1) is 6.68. The van der Waals surface area contributed by atoms with Gasteiger partial charge in [-0.25, -0.2) is 4.98 Å². The van der Waals surface area contributed by atoms with E-state index in [0.29, 0.717) is 5.02 Å². The molecule has 0 bridgehead atoms. The van der Waals surface area contributed by atoms with Crippen LogP contribution in [-0.2, 0) is 0 Å². The summed E-state index contributed by atoms with van der Waals surface area (Å²) in [5.41, 5.74) is 0.949. The van der Waals surface area contributed by atoms with E-state index in [2.05, 4.69) is 20.9 Å². The molecule has 0 fully saturated rings. The largest absolute Gasteiger partial charge is 0.302 e. The molecule has 72 valence electrons. The average Bonchev–Trinajstić information content (AvgIpc) is 2.52. The van der Waals surface area contributed by atoms with Crippen molar-refractivity contribution < 1.29 is 0 Å². The molecule has 0 amide bonds. The number of hydrogen-bond acceptors (Lipinski definition) is 1. The standard InChI is InChI=1S/C10H8BrClN2/c1-7-13-4-5-14(7)10-3-2-8(11)6-9(10)12/h2-6H,1H3. The first-order valence-electron chi connectivity index (χ1n) is 4.14. The second-order valence-corrected chi connectivity index (χ2v) is 4.26. The lowest BCUT2D eigenvalue weighted by molar-refractivity contribution is 0.974. The molecular weight excluding hydrogens is 263 g/mol. The van der Waals surface area contributed by atoms with Crippen molar-refractivity contribution in [2.75, 3.05) is 0 Å². The van der Waals surface area contributed by atoms with E-state index in [9.17, 15) is 0 Å². The number of aromatic nitrogens is 2. The summed E-state index contributed by atoms with van der Waals surface area (Å²) < 4.78 is 2.93. The van der Waals surface area contributed by atoms with Crippen LogP contribution >= 0.6 is 27.5 Å². The highest BCUT2D eigenvalue weighted by Gasteiger charge is 2.04. The van der Waals surface area contributed by atoms with Gasteiger partial charge >= 0.3 is 0 Å². The molecule has 0 aliphatic carbocycles. The smallest absolute Gasteiger partial charge is 0.110 e. The number of rotatable bonds is 1. The van der Waals surface area contributed by atoms with Crippen LogP contribution in [0.5, 0.6) is 0 Å². The molecule has 1 aromatic heterocycles. The van der Waals surface area contributed by atoms with Gasteiger partial charge < -0.3 is 4.57 Å². The number of halogens is 2. The normalized spacial score (nSPS) is 10.5. The third-order valence-electron chi connectivity index (χ3n) is 2.00. The molecule has 0 aliphatic heterocycles. The summed E-state index contributed by atoms with van der Waals surface area (Å²) in [6.45, 7) is 1.94. The van der Waals surface area contributed by atoms with Crippen LogP contribution in [-0.4, -0.2) is 9.55 Å². The van der Waals surface area contributed by atoms with Gasteiger partial charge in [0, 0.05) is 16.9 Å². The van der Waals surface area contributed by atoms with Crippen molar-refractivity contribution >= 4 is 27.5 Å². The Morgan fingerprint density at radius 1 is 1.43 bits per heavy atom. The Balaban J connectivity index is 2.58. The summed E-state index contributed by atoms with van der Waals surface area (Å²) in [4.78, 5) is 4.15. The van der Waals surface area contributed by atoms with Gasteiger partial charge in [-0.05, 0) is 25.1 Å². The number of imidazole rings is 1. The zero-order valence-electron chi connectivity index (χ0n) is 7.54. The summed E-state index contributed by atoms with van der Waals surface area (Å²) in [6, 6.07) is 5.79. The van der Waals surface area contributed by atoms with Crippen molar-refractivity contribution in [3.8, 4) is 5.69 Å². The van der Waals surface area contributed by atoms with E-state index in [0.717, 1.165) is 16.0 Å². The predicted molar refractivity (Wildman–Crippen MR) is 61.0 cm³/mol. The predicted octanol–water partition coefficient (Wildman–Crippen LogP) is 3.60. The van der Waals surface area contributed by atoms with Crippen LogP contribution in [0.15, 0.2) is 35.1 Å². The van der Waals surface area contributed by atoms with Crippen LogP contribution in [0.3, 0.4) is 0 Å². The minimum atomic E-state index is 0.709. The summed E-state index contributed by atoms with van der Waals surface area (Å²) in [6.07, 6.45) is 3.65. The van der Waals surface area contributed by atoms with Gasteiger partial charge in [0.05, 0.1) is 10.7 Å². The molecule has 1 aromatic carbocycles. The Morgan fingerprint density at radius 3 is 2.79 bits per heavy atom. The maximum absolute atomic E-state index is 6.11. The summed E-state index contributed by atoms with van der Waals surface area (Å²) in [7, 11) is 0. The van der Waals surface area contributed by atoms with Crippen molar-refractivity contribution in [2.24, 2.45) is 0 Å². The minimum Gasteiger partial charge on any atom is -0.302 e. The van der Waals surface area contributed by atoms with Crippen molar-refractivity contribution in [3.63, 3.8) is 0 Å². The van der Waals surface area contributed by atoms with Gasteiger partial charge in [0.25, 0.3) is 0 Å². The van der Waals surface area contributed by atoms with Crippen LogP contribution in [0.2, 0.25) is 5.02 Å². The van der Waals surface area contributed by atoms with Gasteiger partial charge in [-0.3, -0.25) is 0 Å². The van der Waals surface area contributed by atoms with E-state index in [1.54, 1.807) is 6.20 Å². The van der Waals surface area contributed by atoms with Gasteiger partial charge in [0.2, 0.25) is 0 Å². The molecule has 0 aliphatic rings. The van der Waals surface area contributed by atoms with Crippen molar-refractivity contribution in [2.45, 2.75) is 6.92 Å². The SMILES string of the molecule is Cc1nccn1-c1ccc(Br)cc1Cl. The molecule has 0 atom stereocenters. The quantitative estimate of drug-likeness (QED) is 0.775. The molecule has 0 spiro atoms. The molecule has 1 heterocycles. The molecule has 0 unspecified atom stereocenters. The monoisotopic (exact) mass is 270 g/mol. The Hall–Kier alpha value is -0.800. The molecule has 14 heavy (non-hydrogen) atoms. The molecule has 0 saturated carbocycles. The molecule has 4 heteroatoms. The first kappa shape index (κ1) is 9.74. The molecule has 0 N–H and O–H groups in total. The van der Waals surface area contributed by atoms with E-state index >= 15 is 0 Å². The van der Waals surface area contributed by atoms with Crippen molar-refractivity contribution in [1.82, 2.24) is 9.55 Å². The lowest BCUT2D eigenvalue weighted by atomic mass is 10.3.